The van der Waals surface area contributed by atoms with Crippen molar-refractivity contribution in [2.75, 3.05) is 38.2 Å². The van der Waals surface area contributed by atoms with Crippen molar-refractivity contribution in [1.82, 2.24) is 9.62 Å². The second kappa shape index (κ2) is 11.0. The topological polar surface area (TPSA) is 79.0 Å². The molecule has 0 aromatic heterocycles. The summed E-state index contributed by atoms with van der Waals surface area (Å²) in [6.45, 7) is 7.17. The van der Waals surface area contributed by atoms with Gasteiger partial charge in [-0.15, -0.1) is 0 Å². The summed E-state index contributed by atoms with van der Waals surface area (Å²) in [6.07, 6.45) is 3.56. The number of carbonyl (C=O) groups is 1. The number of sulfonamides is 1. The van der Waals surface area contributed by atoms with Crippen LogP contribution in [-0.2, 0) is 14.8 Å². The molecule has 1 N–H and O–H groups in total. The van der Waals surface area contributed by atoms with E-state index in [1.807, 2.05) is 6.92 Å². The van der Waals surface area contributed by atoms with Crippen molar-refractivity contribution < 1.29 is 17.9 Å². The van der Waals surface area contributed by atoms with Crippen molar-refractivity contribution in [3.05, 3.63) is 54.1 Å². The fourth-order valence-corrected chi connectivity index (χ4v) is 6.54. The van der Waals surface area contributed by atoms with Crippen molar-refractivity contribution in [2.24, 2.45) is 11.8 Å². The molecule has 190 valence electrons. The smallest absolute Gasteiger partial charge is 0.243 e. The number of hydrogen-bond donors (Lipinski definition) is 1. The molecule has 2 fully saturated rings. The molecule has 2 heterocycles. The quantitative estimate of drug-likeness (QED) is 0.617. The highest BCUT2D eigenvalue weighted by Gasteiger charge is 2.32. The predicted molar refractivity (Wildman–Crippen MR) is 138 cm³/mol. The third kappa shape index (κ3) is 5.98. The van der Waals surface area contributed by atoms with Crippen LogP contribution in [0.2, 0.25) is 0 Å². The maximum absolute atomic E-state index is 13.0. The first-order chi connectivity index (χ1) is 16.8. The Morgan fingerprint density at radius 3 is 2.26 bits per heavy atom. The second-order valence-electron chi connectivity index (χ2n) is 9.87. The minimum absolute atomic E-state index is 0.00655. The molecule has 2 aromatic rings. The third-order valence-electron chi connectivity index (χ3n) is 7.30. The zero-order valence-electron chi connectivity index (χ0n) is 20.9. The summed E-state index contributed by atoms with van der Waals surface area (Å²) in [6, 6.07) is 14.8. The molecule has 35 heavy (non-hydrogen) atoms. The first-order valence-electron chi connectivity index (χ1n) is 12.6. The Morgan fingerprint density at radius 1 is 1.00 bits per heavy atom. The zero-order valence-corrected chi connectivity index (χ0v) is 21.8. The van der Waals surface area contributed by atoms with Crippen molar-refractivity contribution in [1.29, 1.82) is 0 Å². The van der Waals surface area contributed by atoms with Gasteiger partial charge in [-0.25, -0.2) is 8.42 Å². The lowest BCUT2D eigenvalue weighted by Gasteiger charge is -2.33. The number of anilines is 1. The highest BCUT2D eigenvalue weighted by atomic mass is 32.2. The highest BCUT2D eigenvalue weighted by molar-refractivity contribution is 7.89. The van der Waals surface area contributed by atoms with Crippen LogP contribution in [0.1, 0.15) is 51.1 Å². The number of benzene rings is 2. The summed E-state index contributed by atoms with van der Waals surface area (Å²) in [5, 5.41) is 3.14. The third-order valence-corrected chi connectivity index (χ3v) is 9.21. The van der Waals surface area contributed by atoms with Crippen molar-refractivity contribution >= 4 is 21.6 Å². The van der Waals surface area contributed by atoms with Gasteiger partial charge in [0.05, 0.1) is 18.0 Å². The standard InChI is InChI=1S/C27H37N3O4S/c1-20-5-4-16-29(19-20)24-8-6-22(7-9-24)21(2)28-27(31)23-14-17-30(18-15-23)35(32,33)26-12-10-25(34-3)11-13-26/h6-13,20-21,23H,4-5,14-19H2,1-3H3,(H,28,31)/t20-,21+/m1/s1. The van der Waals surface area contributed by atoms with Gasteiger partial charge in [-0.3, -0.25) is 4.79 Å². The largest absolute Gasteiger partial charge is 0.497 e. The van der Waals surface area contributed by atoms with E-state index >= 15 is 0 Å². The average Bonchev–Trinajstić information content (AvgIpc) is 2.89. The lowest BCUT2D eigenvalue weighted by Crippen LogP contribution is -2.43. The molecular formula is C27H37N3O4S. The molecule has 0 radical (unpaired) electrons. The molecule has 2 aliphatic heterocycles. The normalized spacial score (nSPS) is 20.9. The number of nitrogens with zero attached hydrogens (tertiary/aromatic N) is 2. The monoisotopic (exact) mass is 499 g/mol. The molecule has 2 saturated heterocycles. The van der Waals surface area contributed by atoms with Crippen LogP contribution in [-0.4, -0.2) is 51.9 Å². The first kappa shape index (κ1) is 25.5. The fraction of sp³-hybridized carbons (Fsp3) is 0.519. The summed E-state index contributed by atoms with van der Waals surface area (Å²) in [4.78, 5) is 15.6. The zero-order chi connectivity index (χ0) is 25.0. The first-order valence-corrected chi connectivity index (χ1v) is 14.0. The van der Waals surface area contributed by atoms with E-state index in [0.717, 1.165) is 24.6 Å². The van der Waals surface area contributed by atoms with E-state index in [1.165, 1.54) is 22.8 Å². The number of rotatable bonds is 7. The number of methoxy groups -OCH3 is 1. The van der Waals surface area contributed by atoms with Crippen LogP contribution in [0.5, 0.6) is 5.75 Å². The van der Waals surface area contributed by atoms with Crippen LogP contribution >= 0.6 is 0 Å². The maximum Gasteiger partial charge on any atom is 0.243 e. The van der Waals surface area contributed by atoms with E-state index < -0.39 is 10.0 Å². The van der Waals surface area contributed by atoms with Crippen LogP contribution in [0.4, 0.5) is 5.69 Å². The Labute approximate surface area is 209 Å². The molecular weight excluding hydrogens is 462 g/mol. The van der Waals surface area contributed by atoms with Gasteiger partial charge in [-0.2, -0.15) is 4.31 Å². The molecule has 2 aromatic carbocycles. The molecule has 0 saturated carbocycles. The van der Waals surface area contributed by atoms with Crippen LogP contribution in [0.25, 0.3) is 0 Å². The SMILES string of the molecule is COc1ccc(S(=O)(=O)N2CCC(C(=O)N[C@@H](C)c3ccc(N4CCC[C@@H](C)C4)cc3)CC2)cc1. The van der Waals surface area contributed by atoms with Crippen molar-refractivity contribution in [3.8, 4) is 5.75 Å². The summed E-state index contributed by atoms with van der Waals surface area (Å²) >= 11 is 0. The van der Waals surface area contributed by atoms with E-state index in [4.69, 9.17) is 4.74 Å². The van der Waals surface area contributed by atoms with Gasteiger partial charge < -0.3 is 15.0 Å². The minimum Gasteiger partial charge on any atom is -0.497 e. The van der Waals surface area contributed by atoms with E-state index in [-0.39, 0.29) is 22.8 Å². The summed E-state index contributed by atoms with van der Waals surface area (Å²) in [5.74, 6) is 1.14. The fourth-order valence-electron chi connectivity index (χ4n) is 5.07. The van der Waals surface area contributed by atoms with Gasteiger partial charge >= 0.3 is 0 Å². The summed E-state index contributed by atoms with van der Waals surface area (Å²) < 4.78 is 32.5. The number of amides is 1. The molecule has 0 unspecified atom stereocenters. The van der Waals surface area contributed by atoms with E-state index in [9.17, 15) is 13.2 Å². The van der Waals surface area contributed by atoms with Crippen molar-refractivity contribution in [2.45, 2.75) is 50.5 Å². The number of piperidine rings is 2. The minimum atomic E-state index is -3.58. The van der Waals surface area contributed by atoms with Crippen LogP contribution in [0.15, 0.2) is 53.4 Å². The second-order valence-corrected chi connectivity index (χ2v) is 11.8. The van der Waals surface area contributed by atoms with Crippen LogP contribution in [0, 0.1) is 11.8 Å². The Bertz CT molecular complexity index is 1090. The van der Waals surface area contributed by atoms with Crippen molar-refractivity contribution in [3.63, 3.8) is 0 Å². The van der Waals surface area contributed by atoms with E-state index in [2.05, 4.69) is 41.4 Å². The lowest BCUT2D eigenvalue weighted by atomic mass is 9.96. The van der Waals surface area contributed by atoms with Gasteiger partial charge in [-0.1, -0.05) is 19.1 Å². The van der Waals surface area contributed by atoms with Gasteiger partial charge in [-0.05, 0) is 80.5 Å². The molecule has 0 bridgehead atoms. The maximum atomic E-state index is 13.0. The van der Waals surface area contributed by atoms with Crippen LogP contribution < -0.4 is 15.0 Å². The van der Waals surface area contributed by atoms with Gasteiger partial charge in [0.2, 0.25) is 15.9 Å². The Balaban J connectivity index is 1.29. The molecule has 2 atom stereocenters. The Kier molecular flexibility index (Phi) is 8.02. The predicted octanol–water partition coefficient (Wildman–Crippen LogP) is 4.21. The van der Waals surface area contributed by atoms with Gasteiger partial charge in [0.15, 0.2) is 0 Å². The molecule has 1 amide bonds. The van der Waals surface area contributed by atoms with Gasteiger partial charge in [0, 0.05) is 37.8 Å². The molecule has 4 rings (SSSR count). The summed E-state index contributed by atoms with van der Waals surface area (Å²) in [7, 11) is -2.03. The molecule has 0 spiro atoms. The number of hydrogen-bond acceptors (Lipinski definition) is 5. The molecule has 0 aliphatic carbocycles. The van der Waals surface area contributed by atoms with Gasteiger partial charge in [0.25, 0.3) is 0 Å². The lowest BCUT2D eigenvalue weighted by molar-refractivity contribution is -0.126. The molecule has 7 nitrogen and oxygen atoms in total. The molecule has 2 aliphatic rings. The van der Waals surface area contributed by atoms with Crippen LogP contribution in [0.3, 0.4) is 0 Å². The highest BCUT2D eigenvalue weighted by Crippen LogP contribution is 2.27. The van der Waals surface area contributed by atoms with E-state index in [1.54, 1.807) is 31.4 Å². The average molecular weight is 500 g/mol. The van der Waals surface area contributed by atoms with E-state index in [0.29, 0.717) is 31.7 Å². The summed E-state index contributed by atoms with van der Waals surface area (Å²) in [5.41, 5.74) is 2.32. The Hall–Kier alpha value is -2.58. The number of ether oxygens (including phenoxy) is 1. The number of nitrogens with one attached hydrogen (secondary N) is 1. The Morgan fingerprint density at radius 2 is 1.66 bits per heavy atom. The van der Waals surface area contributed by atoms with Gasteiger partial charge in [0.1, 0.15) is 5.75 Å². The number of carbonyl (C=O) groups excluding carboxylic acids is 1. The molecule has 8 heteroatoms.